The van der Waals surface area contributed by atoms with E-state index in [1.54, 1.807) is 7.11 Å². The lowest BCUT2D eigenvalue weighted by molar-refractivity contribution is -0.117. The normalized spacial score (nSPS) is 11.2. The fraction of sp³-hybridized carbons (Fsp3) is 0.400. The molecule has 0 saturated carbocycles. The van der Waals surface area contributed by atoms with Gasteiger partial charge in [-0.3, -0.25) is 4.79 Å². The Morgan fingerprint density at radius 2 is 2.22 bits per heavy atom. The highest BCUT2D eigenvalue weighted by molar-refractivity contribution is 5.92. The first kappa shape index (κ1) is 14.3. The molecule has 0 atom stereocenters. The van der Waals surface area contributed by atoms with Crippen LogP contribution in [0.3, 0.4) is 0 Å². The van der Waals surface area contributed by atoms with Gasteiger partial charge in [0.25, 0.3) is 0 Å². The molecular weight excluding hydrogens is 226 g/mol. The van der Waals surface area contributed by atoms with Crippen LogP contribution < -0.4 is 10.1 Å². The van der Waals surface area contributed by atoms with Gasteiger partial charge >= 0.3 is 0 Å². The number of amides is 1. The van der Waals surface area contributed by atoms with E-state index >= 15 is 0 Å². The van der Waals surface area contributed by atoms with E-state index in [1.165, 1.54) is 0 Å². The van der Waals surface area contributed by atoms with Crippen molar-refractivity contribution in [2.24, 2.45) is 0 Å². The van der Waals surface area contributed by atoms with Crippen LogP contribution in [0.2, 0.25) is 0 Å². The van der Waals surface area contributed by atoms with Crippen molar-refractivity contribution >= 4 is 5.91 Å². The first-order valence-corrected chi connectivity index (χ1v) is 6.25. The van der Waals surface area contributed by atoms with E-state index in [4.69, 9.17) is 4.74 Å². The zero-order valence-electron chi connectivity index (χ0n) is 11.3. The second-order valence-corrected chi connectivity index (χ2v) is 4.15. The Balaban J connectivity index is 2.41. The van der Waals surface area contributed by atoms with Gasteiger partial charge in [0.2, 0.25) is 5.91 Å². The van der Waals surface area contributed by atoms with E-state index in [2.05, 4.69) is 5.32 Å². The lowest BCUT2D eigenvalue weighted by Gasteiger charge is -2.07. The number of rotatable bonds is 6. The third kappa shape index (κ3) is 4.62. The zero-order chi connectivity index (χ0) is 13.4. The lowest BCUT2D eigenvalue weighted by atomic mass is 10.1. The van der Waals surface area contributed by atoms with E-state index in [0.29, 0.717) is 6.54 Å². The van der Waals surface area contributed by atoms with Crippen molar-refractivity contribution in [3.05, 3.63) is 41.5 Å². The number of ether oxygens (including phenoxy) is 1. The van der Waals surface area contributed by atoms with Crippen LogP contribution in [0.5, 0.6) is 5.75 Å². The fourth-order valence-corrected chi connectivity index (χ4v) is 1.69. The topological polar surface area (TPSA) is 38.3 Å². The molecule has 0 aromatic heterocycles. The van der Waals surface area contributed by atoms with Crippen LogP contribution in [-0.4, -0.2) is 19.6 Å². The molecule has 0 saturated heterocycles. The molecule has 0 aliphatic rings. The van der Waals surface area contributed by atoms with Crippen LogP contribution in [-0.2, 0) is 11.2 Å². The first-order chi connectivity index (χ1) is 8.67. The molecule has 0 radical (unpaired) electrons. The summed E-state index contributed by atoms with van der Waals surface area (Å²) in [6, 6.07) is 7.89. The minimum atomic E-state index is 0.0137. The number of hydrogen-bond donors (Lipinski definition) is 1. The van der Waals surface area contributed by atoms with Crippen LogP contribution in [0.25, 0.3) is 0 Å². The van der Waals surface area contributed by atoms with E-state index in [-0.39, 0.29) is 5.91 Å². The van der Waals surface area contributed by atoms with Crippen LogP contribution in [0.4, 0.5) is 0 Å². The van der Waals surface area contributed by atoms with Crippen molar-refractivity contribution in [2.45, 2.75) is 26.7 Å². The Bertz CT molecular complexity index is 424. The average Bonchev–Trinajstić information content (AvgIpc) is 2.39. The molecule has 1 N–H and O–H groups in total. The van der Waals surface area contributed by atoms with Crippen LogP contribution in [0.1, 0.15) is 25.8 Å². The largest absolute Gasteiger partial charge is 0.497 e. The quantitative estimate of drug-likeness (QED) is 0.785. The number of nitrogens with one attached hydrogen (secondary N) is 1. The Hall–Kier alpha value is -1.77. The van der Waals surface area contributed by atoms with Crippen LogP contribution in [0, 0.1) is 0 Å². The van der Waals surface area contributed by atoms with E-state index in [0.717, 1.165) is 29.7 Å². The maximum Gasteiger partial charge on any atom is 0.246 e. The molecule has 3 heteroatoms. The predicted molar refractivity (Wildman–Crippen MR) is 73.8 cm³/mol. The Morgan fingerprint density at radius 1 is 1.44 bits per heavy atom. The molecule has 1 amide bonds. The summed E-state index contributed by atoms with van der Waals surface area (Å²) in [4.78, 5) is 11.6. The average molecular weight is 247 g/mol. The van der Waals surface area contributed by atoms with Crippen LogP contribution >= 0.6 is 0 Å². The van der Waals surface area contributed by atoms with Gasteiger partial charge in [-0.25, -0.2) is 0 Å². The number of carbonyl (C=O) groups is 1. The molecule has 1 aromatic carbocycles. The van der Waals surface area contributed by atoms with Crippen molar-refractivity contribution in [1.29, 1.82) is 0 Å². The number of benzene rings is 1. The van der Waals surface area contributed by atoms with Gasteiger partial charge in [0, 0.05) is 12.1 Å². The molecule has 0 aliphatic carbocycles. The number of allylic oxidation sites excluding steroid dienone is 1. The van der Waals surface area contributed by atoms with Gasteiger partial charge in [-0.1, -0.05) is 25.1 Å². The van der Waals surface area contributed by atoms with Crippen molar-refractivity contribution < 1.29 is 9.53 Å². The number of hydrogen-bond acceptors (Lipinski definition) is 2. The fourth-order valence-electron chi connectivity index (χ4n) is 1.69. The van der Waals surface area contributed by atoms with Crippen molar-refractivity contribution in [2.75, 3.05) is 13.7 Å². The minimum absolute atomic E-state index is 0.0137. The zero-order valence-corrected chi connectivity index (χ0v) is 11.3. The molecule has 0 unspecified atom stereocenters. The molecular formula is C15H21NO2. The third-order valence-corrected chi connectivity index (χ3v) is 2.70. The monoisotopic (exact) mass is 247 g/mol. The smallest absolute Gasteiger partial charge is 0.246 e. The Morgan fingerprint density at radius 3 is 2.89 bits per heavy atom. The summed E-state index contributed by atoms with van der Waals surface area (Å²) in [5.41, 5.74) is 1.94. The summed E-state index contributed by atoms with van der Waals surface area (Å²) in [5, 5.41) is 2.91. The van der Waals surface area contributed by atoms with E-state index < -0.39 is 0 Å². The van der Waals surface area contributed by atoms with Gasteiger partial charge in [-0.05, 0) is 37.5 Å². The number of carbonyl (C=O) groups excluding carboxylic acids is 1. The van der Waals surface area contributed by atoms with E-state index in [1.807, 2.05) is 44.2 Å². The van der Waals surface area contributed by atoms with Crippen LogP contribution in [0.15, 0.2) is 35.9 Å². The molecule has 3 nitrogen and oxygen atoms in total. The summed E-state index contributed by atoms with van der Waals surface area (Å²) in [5.74, 6) is 0.862. The summed E-state index contributed by atoms with van der Waals surface area (Å²) >= 11 is 0. The summed E-state index contributed by atoms with van der Waals surface area (Å²) in [6.07, 6.45) is 3.62. The third-order valence-electron chi connectivity index (χ3n) is 2.70. The summed E-state index contributed by atoms with van der Waals surface area (Å²) in [6.45, 7) is 4.50. The highest BCUT2D eigenvalue weighted by atomic mass is 16.5. The molecule has 18 heavy (non-hydrogen) atoms. The molecule has 0 bridgehead atoms. The summed E-state index contributed by atoms with van der Waals surface area (Å²) < 4.78 is 5.16. The van der Waals surface area contributed by atoms with Gasteiger partial charge in [-0.2, -0.15) is 0 Å². The molecule has 0 heterocycles. The van der Waals surface area contributed by atoms with Crippen molar-refractivity contribution in [3.63, 3.8) is 0 Å². The second kappa shape index (κ2) is 7.54. The van der Waals surface area contributed by atoms with Crippen molar-refractivity contribution in [1.82, 2.24) is 5.32 Å². The maximum atomic E-state index is 11.6. The highest BCUT2D eigenvalue weighted by Crippen LogP contribution is 2.12. The molecule has 0 spiro atoms. The lowest BCUT2D eigenvalue weighted by Crippen LogP contribution is -2.26. The Kier molecular flexibility index (Phi) is 5.98. The molecule has 1 aromatic rings. The van der Waals surface area contributed by atoms with E-state index in [9.17, 15) is 4.79 Å². The van der Waals surface area contributed by atoms with Gasteiger partial charge in [0.05, 0.1) is 7.11 Å². The SMILES string of the molecule is CC/C=C(\C)C(=O)NCCc1cccc(OC)c1. The number of methoxy groups -OCH3 is 1. The maximum absolute atomic E-state index is 11.6. The van der Waals surface area contributed by atoms with Gasteiger partial charge in [0.1, 0.15) is 5.75 Å². The molecule has 98 valence electrons. The summed E-state index contributed by atoms with van der Waals surface area (Å²) in [7, 11) is 1.65. The minimum Gasteiger partial charge on any atom is -0.497 e. The second-order valence-electron chi connectivity index (χ2n) is 4.15. The Labute approximate surface area is 109 Å². The highest BCUT2D eigenvalue weighted by Gasteiger charge is 2.02. The predicted octanol–water partition coefficient (Wildman–Crippen LogP) is 2.71. The first-order valence-electron chi connectivity index (χ1n) is 6.25. The molecule has 0 aliphatic heterocycles. The molecule has 1 rings (SSSR count). The van der Waals surface area contributed by atoms with Gasteiger partial charge in [0.15, 0.2) is 0 Å². The van der Waals surface area contributed by atoms with Gasteiger partial charge in [-0.15, -0.1) is 0 Å². The van der Waals surface area contributed by atoms with Gasteiger partial charge < -0.3 is 10.1 Å². The van der Waals surface area contributed by atoms with Crippen molar-refractivity contribution in [3.8, 4) is 5.75 Å². The molecule has 0 fully saturated rings. The standard InChI is InChI=1S/C15H21NO2/c1-4-6-12(2)15(17)16-10-9-13-7-5-8-14(11-13)18-3/h5-8,11H,4,9-10H2,1-3H3,(H,16,17)/b12-6+.